The van der Waals surface area contributed by atoms with Gasteiger partial charge in [0.05, 0.1) is 0 Å². The van der Waals surface area contributed by atoms with Crippen LogP contribution in [0.4, 0.5) is 5.69 Å². The van der Waals surface area contributed by atoms with Crippen molar-refractivity contribution >= 4 is 17.0 Å². The predicted molar refractivity (Wildman–Crippen MR) is 87.2 cm³/mol. The topological polar surface area (TPSA) is 24.9 Å². The zero-order chi connectivity index (χ0) is 13.8. The molecular weight excluding hydrogens is 264 g/mol. The molecule has 1 saturated carbocycles. The van der Waals surface area contributed by atoms with E-state index < -0.39 is 0 Å². The number of nitrogens with one attached hydrogen (secondary N) is 1. The van der Waals surface area contributed by atoms with Gasteiger partial charge in [0.25, 0.3) is 0 Å². The molecular formula is C17H22N2S. The Bertz CT molecular complexity index is 528. The summed E-state index contributed by atoms with van der Waals surface area (Å²) in [6, 6.07) is 8.61. The quantitative estimate of drug-likeness (QED) is 0.851. The van der Waals surface area contributed by atoms with Gasteiger partial charge in [-0.05, 0) is 36.8 Å². The van der Waals surface area contributed by atoms with Crippen LogP contribution in [0.2, 0.25) is 0 Å². The smallest absolute Gasteiger partial charge is 0.123 e. The fourth-order valence-corrected chi connectivity index (χ4v) is 3.56. The molecule has 0 radical (unpaired) electrons. The highest BCUT2D eigenvalue weighted by Crippen LogP contribution is 2.29. The van der Waals surface area contributed by atoms with E-state index >= 15 is 0 Å². The lowest BCUT2D eigenvalue weighted by molar-refractivity contribution is 0.300. The molecule has 1 N–H and O–H groups in total. The first-order chi connectivity index (χ1) is 9.81. The van der Waals surface area contributed by atoms with Crippen LogP contribution >= 0.6 is 11.3 Å². The van der Waals surface area contributed by atoms with Crippen LogP contribution in [-0.2, 0) is 0 Å². The first-order valence-corrected chi connectivity index (χ1v) is 8.43. The Hall–Kier alpha value is -1.35. The second-order valence-corrected chi connectivity index (χ2v) is 6.82. The lowest BCUT2D eigenvalue weighted by atomic mass is 9.83. The van der Waals surface area contributed by atoms with Gasteiger partial charge in [0.1, 0.15) is 5.01 Å². The van der Waals surface area contributed by atoms with Crippen molar-refractivity contribution in [3.63, 3.8) is 0 Å². The average molecular weight is 286 g/mol. The summed E-state index contributed by atoms with van der Waals surface area (Å²) in [4.78, 5) is 4.38. The first-order valence-electron chi connectivity index (χ1n) is 7.55. The van der Waals surface area contributed by atoms with Crippen LogP contribution in [0.3, 0.4) is 0 Å². The molecule has 1 aromatic heterocycles. The lowest BCUT2D eigenvalue weighted by Crippen LogP contribution is -2.20. The Balaban J connectivity index is 1.59. The highest BCUT2D eigenvalue weighted by Gasteiger charge is 2.17. The van der Waals surface area contributed by atoms with E-state index in [-0.39, 0.29) is 0 Å². The van der Waals surface area contributed by atoms with E-state index in [9.17, 15) is 0 Å². The van der Waals surface area contributed by atoms with Crippen LogP contribution < -0.4 is 5.32 Å². The summed E-state index contributed by atoms with van der Waals surface area (Å²) in [6.45, 7) is 3.48. The number of anilines is 1. The molecule has 0 aliphatic heterocycles. The summed E-state index contributed by atoms with van der Waals surface area (Å²) in [5.41, 5.74) is 2.43. The maximum Gasteiger partial charge on any atom is 0.123 e. The standard InChI is InChI=1S/C17H22N2S/c1-13-5-7-14(8-6-13)12-19-16-4-2-3-15(11-16)17-18-9-10-20-17/h2-4,9-11,13-14,19H,5-8,12H2,1H3. The van der Waals surface area contributed by atoms with Gasteiger partial charge in [-0.3, -0.25) is 0 Å². The summed E-state index contributed by atoms with van der Waals surface area (Å²) in [6.07, 6.45) is 7.40. The molecule has 2 aromatic rings. The molecule has 1 aliphatic rings. The van der Waals surface area contributed by atoms with Crippen molar-refractivity contribution in [1.29, 1.82) is 0 Å². The zero-order valence-electron chi connectivity index (χ0n) is 12.0. The number of thiazole rings is 1. The lowest BCUT2D eigenvalue weighted by Gasteiger charge is -2.26. The van der Waals surface area contributed by atoms with E-state index in [0.717, 1.165) is 23.4 Å². The Morgan fingerprint density at radius 3 is 2.85 bits per heavy atom. The van der Waals surface area contributed by atoms with E-state index in [4.69, 9.17) is 0 Å². The molecule has 1 heterocycles. The molecule has 2 nitrogen and oxygen atoms in total. The van der Waals surface area contributed by atoms with Crippen molar-refractivity contribution in [1.82, 2.24) is 4.98 Å². The zero-order valence-corrected chi connectivity index (χ0v) is 12.8. The number of hydrogen-bond acceptors (Lipinski definition) is 3. The van der Waals surface area contributed by atoms with Gasteiger partial charge in [0, 0.05) is 29.4 Å². The van der Waals surface area contributed by atoms with E-state index in [0.29, 0.717) is 0 Å². The monoisotopic (exact) mass is 286 g/mol. The van der Waals surface area contributed by atoms with Gasteiger partial charge in [0.2, 0.25) is 0 Å². The third kappa shape index (κ3) is 3.40. The molecule has 0 spiro atoms. The molecule has 0 atom stereocenters. The molecule has 3 rings (SSSR count). The third-order valence-corrected chi connectivity index (χ3v) is 5.09. The Morgan fingerprint density at radius 1 is 1.25 bits per heavy atom. The van der Waals surface area contributed by atoms with Crippen LogP contribution in [0.5, 0.6) is 0 Å². The van der Waals surface area contributed by atoms with Crippen molar-refractivity contribution < 1.29 is 0 Å². The predicted octanol–water partition coefficient (Wildman–Crippen LogP) is 5.05. The fourth-order valence-electron chi connectivity index (χ4n) is 2.92. The number of aromatic nitrogens is 1. The average Bonchev–Trinajstić information content (AvgIpc) is 3.01. The molecule has 1 aromatic carbocycles. The number of nitrogens with zero attached hydrogens (tertiary/aromatic N) is 1. The van der Waals surface area contributed by atoms with Crippen LogP contribution in [0.25, 0.3) is 10.6 Å². The van der Waals surface area contributed by atoms with E-state index in [1.165, 1.54) is 36.9 Å². The normalized spacial score (nSPS) is 22.6. The molecule has 0 saturated heterocycles. The summed E-state index contributed by atoms with van der Waals surface area (Å²) in [5.74, 6) is 1.77. The second kappa shape index (κ2) is 6.40. The molecule has 0 bridgehead atoms. The van der Waals surface area contributed by atoms with Gasteiger partial charge in [-0.1, -0.05) is 31.9 Å². The third-order valence-electron chi connectivity index (χ3n) is 4.27. The SMILES string of the molecule is CC1CCC(CNc2cccc(-c3nccs3)c2)CC1. The molecule has 20 heavy (non-hydrogen) atoms. The first kappa shape index (κ1) is 13.6. The molecule has 0 unspecified atom stereocenters. The Labute approximate surface area is 125 Å². The van der Waals surface area contributed by atoms with Gasteiger partial charge in [-0.2, -0.15) is 0 Å². The van der Waals surface area contributed by atoms with Crippen LogP contribution in [0.1, 0.15) is 32.6 Å². The largest absolute Gasteiger partial charge is 0.385 e. The van der Waals surface area contributed by atoms with Crippen molar-refractivity contribution in [3.05, 3.63) is 35.8 Å². The summed E-state index contributed by atoms with van der Waals surface area (Å²) in [7, 11) is 0. The molecule has 1 aliphatic carbocycles. The minimum absolute atomic E-state index is 0.842. The molecule has 3 heteroatoms. The van der Waals surface area contributed by atoms with Gasteiger partial charge in [0.15, 0.2) is 0 Å². The second-order valence-electron chi connectivity index (χ2n) is 5.92. The van der Waals surface area contributed by atoms with Crippen molar-refractivity contribution in [3.8, 4) is 10.6 Å². The summed E-state index contributed by atoms with van der Waals surface area (Å²) >= 11 is 1.69. The number of rotatable bonds is 4. The molecule has 1 fully saturated rings. The fraction of sp³-hybridized carbons (Fsp3) is 0.471. The molecule has 0 amide bonds. The van der Waals surface area contributed by atoms with Gasteiger partial charge in [-0.25, -0.2) is 4.98 Å². The maximum atomic E-state index is 4.38. The van der Waals surface area contributed by atoms with E-state index in [1.807, 2.05) is 11.6 Å². The van der Waals surface area contributed by atoms with Crippen LogP contribution in [0.15, 0.2) is 35.8 Å². The number of hydrogen-bond donors (Lipinski definition) is 1. The molecule has 106 valence electrons. The minimum atomic E-state index is 0.842. The van der Waals surface area contributed by atoms with Gasteiger partial charge >= 0.3 is 0 Å². The van der Waals surface area contributed by atoms with Crippen molar-refractivity contribution in [2.45, 2.75) is 32.6 Å². The van der Waals surface area contributed by atoms with Crippen molar-refractivity contribution in [2.24, 2.45) is 11.8 Å². The number of benzene rings is 1. The van der Waals surface area contributed by atoms with Crippen LogP contribution in [0, 0.1) is 11.8 Å². The minimum Gasteiger partial charge on any atom is -0.385 e. The maximum absolute atomic E-state index is 4.38. The van der Waals surface area contributed by atoms with Gasteiger partial charge in [-0.15, -0.1) is 11.3 Å². The Kier molecular flexibility index (Phi) is 4.36. The Morgan fingerprint density at radius 2 is 2.10 bits per heavy atom. The van der Waals surface area contributed by atoms with E-state index in [1.54, 1.807) is 11.3 Å². The van der Waals surface area contributed by atoms with E-state index in [2.05, 4.69) is 41.5 Å². The summed E-state index contributed by atoms with van der Waals surface area (Å²) in [5, 5.41) is 6.73. The van der Waals surface area contributed by atoms with Crippen LogP contribution in [-0.4, -0.2) is 11.5 Å². The van der Waals surface area contributed by atoms with Gasteiger partial charge < -0.3 is 5.32 Å². The summed E-state index contributed by atoms with van der Waals surface area (Å²) < 4.78 is 0. The highest BCUT2D eigenvalue weighted by molar-refractivity contribution is 7.13. The van der Waals surface area contributed by atoms with Crippen molar-refractivity contribution in [2.75, 3.05) is 11.9 Å². The highest BCUT2D eigenvalue weighted by atomic mass is 32.1.